The lowest BCUT2D eigenvalue weighted by molar-refractivity contribution is 0.0183. The monoisotopic (exact) mass is 238 g/mol. The summed E-state index contributed by atoms with van der Waals surface area (Å²) in [6.45, 7) is 7.44. The molecule has 0 spiro atoms. The fourth-order valence-electron chi connectivity index (χ4n) is 1.68. The molecule has 1 atom stereocenters. The van der Waals surface area contributed by atoms with Crippen molar-refractivity contribution in [2.45, 2.75) is 45.8 Å². The van der Waals surface area contributed by atoms with E-state index in [1.807, 2.05) is 6.07 Å². The Labute approximate surface area is 101 Å². The molecule has 1 amide bonds. The van der Waals surface area contributed by atoms with Crippen LogP contribution in [0.5, 0.6) is 0 Å². The van der Waals surface area contributed by atoms with Crippen molar-refractivity contribution in [1.82, 2.24) is 4.90 Å². The van der Waals surface area contributed by atoms with E-state index in [9.17, 15) is 9.90 Å². The number of hydrogen-bond acceptors (Lipinski definition) is 4. The van der Waals surface area contributed by atoms with Crippen LogP contribution in [0.4, 0.5) is 4.79 Å². The largest absolute Gasteiger partial charge is 0.511 e. The smallest absolute Gasteiger partial charge is 0.410 e. The molecule has 1 heterocycles. The minimum absolute atomic E-state index is 0.0693. The summed E-state index contributed by atoms with van der Waals surface area (Å²) in [5, 5.41) is 18.5. The first kappa shape index (κ1) is 13.4. The topological polar surface area (TPSA) is 73.6 Å². The molecule has 0 aromatic rings. The van der Waals surface area contributed by atoms with Gasteiger partial charge in [0.2, 0.25) is 0 Å². The fraction of sp³-hybridized carbons (Fsp3) is 0.667. The van der Waals surface area contributed by atoms with E-state index in [4.69, 9.17) is 10.00 Å². The molecule has 0 saturated heterocycles. The van der Waals surface area contributed by atoms with Gasteiger partial charge in [0, 0.05) is 13.0 Å². The van der Waals surface area contributed by atoms with Crippen molar-refractivity contribution in [3.63, 3.8) is 0 Å². The van der Waals surface area contributed by atoms with E-state index in [0.29, 0.717) is 13.0 Å². The van der Waals surface area contributed by atoms with E-state index >= 15 is 0 Å². The summed E-state index contributed by atoms with van der Waals surface area (Å²) < 4.78 is 5.25. The van der Waals surface area contributed by atoms with Crippen LogP contribution in [0.1, 0.15) is 34.1 Å². The Kier molecular flexibility index (Phi) is 3.66. The summed E-state index contributed by atoms with van der Waals surface area (Å²) in [6.07, 6.45) is -0.155. The second kappa shape index (κ2) is 4.66. The summed E-state index contributed by atoms with van der Waals surface area (Å²) >= 11 is 0. The average molecular weight is 238 g/mol. The molecule has 5 nitrogen and oxygen atoms in total. The average Bonchev–Trinajstić information content (AvgIpc) is 2.15. The highest BCUT2D eigenvalue weighted by Crippen LogP contribution is 2.23. The summed E-state index contributed by atoms with van der Waals surface area (Å²) in [6, 6.07) is 1.49. The molecule has 0 aliphatic carbocycles. The third-order valence-electron chi connectivity index (χ3n) is 2.53. The normalized spacial score (nSPS) is 21.1. The molecule has 5 heteroatoms. The van der Waals surface area contributed by atoms with Crippen LogP contribution >= 0.6 is 0 Å². The molecule has 17 heavy (non-hydrogen) atoms. The number of nitriles is 1. The molecule has 94 valence electrons. The van der Waals surface area contributed by atoms with Crippen molar-refractivity contribution in [2.24, 2.45) is 0 Å². The number of carbonyl (C=O) groups is 1. The quantitative estimate of drug-likeness (QED) is 0.703. The first-order valence-electron chi connectivity index (χ1n) is 5.58. The molecule has 0 radical (unpaired) electrons. The molecular formula is C12H18N2O3. The summed E-state index contributed by atoms with van der Waals surface area (Å²) in [5.41, 5.74) is -0.325. The summed E-state index contributed by atoms with van der Waals surface area (Å²) in [7, 11) is 0. The van der Waals surface area contributed by atoms with Crippen LogP contribution in [-0.2, 0) is 4.74 Å². The Balaban J connectivity index is 2.83. The van der Waals surface area contributed by atoms with Crippen molar-refractivity contribution >= 4 is 6.09 Å². The molecule has 1 N–H and O–H groups in total. The van der Waals surface area contributed by atoms with Gasteiger partial charge in [0.15, 0.2) is 0 Å². The molecule has 1 aliphatic heterocycles. The van der Waals surface area contributed by atoms with Crippen LogP contribution in [0, 0.1) is 11.3 Å². The van der Waals surface area contributed by atoms with Gasteiger partial charge in [-0.05, 0) is 27.7 Å². The van der Waals surface area contributed by atoms with Crippen molar-refractivity contribution in [2.75, 3.05) is 6.54 Å². The number of hydrogen-bond donors (Lipinski definition) is 1. The molecule has 1 rings (SSSR count). The molecule has 1 aliphatic rings. The van der Waals surface area contributed by atoms with Gasteiger partial charge < -0.3 is 14.7 Å². The molecule has 0 aromatic heterocycles. The van der Waals surface area contributed by atoms with Gasteiger partial charge in [-0.25, -0.2) is 4.79 Å². The Bertz CT molecular complexity index is 388. The number of aliphatic hydroxyl groups is 1. The summed E-state index contributed by atoms with van der Waals surface area (Å²) in [5.74, 6) is 0.0693. The number of rotatable bonds is 0. The third-order valence-corrected chi connectivity index (χ3v) is 2.53. The molecule has 0 aromatic carbocycles. The second-order valence-corrected chi connectivity index (χ2v) is 5.07. The number of nitrogens with zero attached hydrogens (tertiary/aromatic N) is 2. The highest BCUT2D eigenvalue weighted by atomic mass is 16.6. The van der Waals surface area contributed by atoms with Crippen molar-refractivity contribution in [1.29, 1.82) is 5.26 Å². The van der Waals surface area contributed by atoms with Crippen LogP contribution in [0.15, 0.2) is 11.3 Å². The zero-order chi connectivity index (χ0) is 13.2. The SMILES string of the molecule is CC1C(C#N)=C(O)CCN1C(=O)OC(C)(C)C. The minimum Gasteiger partial charge on any atom is -0.511 e. The van der Waals surface area contributed by atoms with Crippen LogP contribution in [-0.4, -0.2) is 34.3 Å². The Morgan fingerprint density at radius 3 is 2.65 bits per heavy atom. The Morgan fingerprint density at radius 2 is 2.18 bits per heavy atom. The van der Waals surface area contributed by atoms with Gasteiger partial charge in [0.1, 0.15) is 17.4 Å². The zero-order valence-electron chi connectivity index (χ0n) is 10.6. The van der Waals surface area contributed by atoms with E-state index in [-0.39, 0.29) is 11.3 Å². The maximum absolute atomic E-state index is 11.9. The van der Waals surface area contributed by atoms with Crippen molar-refractivity contribution in [3.05, 3.63) is 11.3 Å². The standard InChI is InChI=1S/C12H18N2O3/c1-8-9(7-13)10(15)5-6-14(8)11(16)17-12(2,3)4/h8,15H,5-6H2,1-4H3. The molecule has 1 unspecified atom stereocenters. The molecule has 0 fully saturated rings. The molecular weight excluding hydrogens is 220 g/mol. The predicted octanol–water partition coefficient (Wildman–Crippen LogP) is 2.35. The van der Waals surface area contributed by atoms with Crippen molar-refractivity contribution in [3.8, 4) is 6.07 Å². The van der Waals surface area contributed by atoms with Gasteiger partial charge in [-0.1, -0.05) is 0 Å². The Hall–Kier alpha value is -1.70. The molecule has 0 saturated carbocycles. The van der Waals surface area contributed by atoms with Crippen LogP contribution in [0.2, 0.25) is 0 Å². The van der Waals surface area contributed by atoms with Gasteiger partial charge >= 0.3 is 6.09 Å². The first-order valence-corrected chi connectivity index (χ1v) is 5.58. The lowest BCUT2D eigenvalue weighted by Crippen LogP contribution is -2.45. The third kappa shape index (κ3) is 3.13. The number of aliphatic hydroxyl groups excluding tert-OH is 1. The summed E-state index contributed by atoms with van der Waals surface area (Å²) in [4.78, 5) is 13.3. The number of amides is 1. The fourth-order valence-corrected chi connectivity index (χ4v) is 1.68. The van der Waals surface area contributed by atoms with Gasteiger partial charge in [-0.3, -0.25) is 0 Å². The van der Waals surface area contributed by atoms with Gasteiger partial charge in [-0.15, -0.1) is 0 Å². The predicted molar refractivity (Wildman–Crippen MR) is 62.3 cm³/mol. The molecule has 0 bridgehead atoms. The lowest BCUT2D eigenvalue weighted by atomic mass is 10.0. The first-order chi connectivity index (χ1) is 7.76. The minimum atomic E-state index is -0.563. The van der Waals surface area contributed by atoms with E-state index in [1.54, 1.807) is 27.7 Å². The second-order valence-electron chi connectivity index (χ2n) is 5.07. The number of carbonyl (C=O) groups excluding carboxylic acids is 1. The maximum atomic E-state index is 11.9. The van der Waals surface area contributed by atoms with Gasteiger partial charge in [-0.2, -0.15) is 5.26 Å². The van der Waals surface area contributed by atoms with Crippen LogP contribution in [0.3, 0.4) is 0 Å². The van der Waals surface area contributed by atoms with Gasteiger partial charge in [0.25, 0.3) is 0 Å². The van der Waals surface area contributed by atoms with E-state index in [1.165, 1.54) is 4.90 Å². The highest BCUT2D eigenvalue weighted by molar-refractivity contribution is 5.70. The van der Waals surface area contributed by atoms with E-state index < -0.39 is 17.7 Å². The van der Waals surface area contributed by atoms with Crippen molar-refractivity contribution < 1.29 is 14.6 Å². The van der Waals surface area contributed by atoms with Gasteiger partial charge in [0.05, 0.1) is 11.6 Å². The highest BCUT2D eigenvalue weighted by Gasteiger charge is 2.32. The number of ether oxygens (including phenoxy) is 1. The van der Waals surface area contributed by atoms with E-state index in [2.05, 4.69) is 0 Å². The maximum Gasteiger partial charge on any atom is 0.410 e. The van der Waals surface area contributed by atoms with Crippen LogP contribution in [0.25, 0.3) is 0 Å². The lowest BCUT2D eigenvalue weighted by Gasteiger charge is -2.34. The Morgan fingerprint density at radius 1 is 1.59 bits per heavy atom. The zero-order valence-corrected chi connectivity index (χ0v) is 10.6. The van der Waals surface area contributed by atoms with E-state index in [0.717, 1.165) is 0 Å². The van der Waals surface area contributed by atoms with Crippen LogP contribution < -0.4 is 0 Å².